The summed E-state index contributed by atoms with van der Waals surface area (Å²) in [5, 5.41) is 0. The monoisotopic (exact) mass is 368 g/mol. The molecule has 0 atom stereocenters. The molecule has 0 aromatic carbocycles. The van der Waals surface area contributed by atoms with Gasteiger partial charge in [-0.3, -0.25) is 0 Å². The van der Waals surface area contributed by atoms with Crippen molar-refractivity contribution in [3.05, 3.63) is 21.6 Å². The normalized spacial score (nSPS) is 11.9. The van der Waals surface area contributed by atoms with Crippen LogP contribution in [0.2, 0.25) is 4.68 Å². The van der Waals surface area contributed by atoms with E-state index in [0.717, 1.165) is 0 Å². The maximum atomic E-state index is 2.39. The first-order valence-electron chi connectivity index (χ1n) is 2.47. The predicted molar refractivity (Wildman–Crippen MR) is 49.4 cm³/mol. The van der Waals surface area contributed by atoms with Gasteiger partial charge in [0.1, 0.15) is 0 Å². The molecule has 0 nitrogen and oxygen atoms in total. The van der Waals surface area contributed by atoms with E-state index in [1.807, 2.05) is 0 Å². The number of allylic oxidation sites excluding steroid dienone is 4. The van der Waals surface area contributed by atoms with E-state index < -0.39 is 0 Å². The van der Waals surface area contributed by atoms with E-state index in [1.165, 1.54) is 6.42 Å². The molecule has 0 fully saturated rings. The molecule has 0 saturated carbocycles. The van der Waals surface area contributed by atoms with Gasteiger partial charge in [0.25, 0.3) is 0 Å². The minimum absolute atomic E-state index is 0. The summed E-state index contributed by atoms with van der Waals surface area (Å²) in [6, 6.07) is 0. The van der Waals surface area contributed by atoms with E-state index in [9.17, 15) is 0 Å². The Balaban J connectivity index is -0.000000163. The zero-order valence-corrected chi connectivity index (χ0v) is 11.7. The van der Waals surface area contributed by atoms with Gasteiger partial charge in [0.05, 0.1) is 0 Å². The molecule has 0 amide bonds. The third-order valence-electron chi connectivity index (χ3n) is 1.09. The Morgan fingerprint density at radius 3 is 2.10 bits per heavy atom. The summed E-state index contributed by atoms with van der Waals surface area (Å²) in [7, 11) is 0. The van der Waals surface area contributed by atoms with E-state index in [1.54, 1.807) is 3.33 Å². The van der Waals surface area contributed by atoms with Gasteiger partial charge in [0.15, 0.2) is 0 Å². The molecule has 4 heteroatoms. The molecule has 0 N–H and O–H groups in total. The third kappa shape index (κ3) is 5.96. The van der Waals surface area contributed by atoms with E-state index >= 15 is 0 Å². The Hall–Kier alpha value is 1.22. The molecule has 0 spiro atoms. The second-order valence-corrected chi connectivity index (χ2v) is 5.68. The maximum absolute atomic E-state index is 2.39. The van der Waals surface area contributed by atoms with Gasteiger partial charge in [0.2, 0.25) is 0 Å². The molecule has 0 aromatic rings. The first-order chi connectivity index (χ1) is 3.43. The van der Waals surface area contributed by atoms with Gasteiger partial charge in [0, 0.05) is 0 Å². The van der Waals surface area contributed by atoms with Crippen LogP contribution >= 0.6 is 37.2 Å². The van der Waals surface area contributed by atoms with Crippen molar-refractivity contribution >= 4 is 37.2 Å². The van der Waals surface area contributed by atoms with Crippen molar-refractivity contribution in [3.8, 4) is 0 Å². The van der Waals surface area contributed by atoms with Gasteiger partial charge >= 0.3 is 55.6 Å². The molecule has 0 saturated heterocycles. The van der Waals surface area contributed by atoms with Crippen LogP contribution in [0.25, 0.3) is 0 Å². The minimum atomic E-state index is -0.221. The van der Waals surface area contributed by atoms with Gasteiger partial charge in [-0.05, 0) is 0 Å². The summed E-state index contributed by atoms with van der Waals surface area (Å²) in [6.07, 6.45) is 7.97. The molecule has 0 aliphatic heterocycles. The van der Waals surface area contributed by atoms with Crippen LogP contribution in [-0.4, -0.2) is 0 Å². The Bertz CT molecular complexity index is 120. The summed E-state index contributed by atoms with van der Waals surface area (Å²) < 4.78 is 4.14. The molecule has 10 heavy (non-hydrogen) atoms. The first-order valence-corrected chi connectivity index (χ1v) is 7.86. The molecule has 60 valence electrons. The number of halogens is 3. The zero-order valence-electron chi connectivity index (χ0n) is 5.66. The average molecular weight is 368 g/mol. The quantitative estimate of drug-likeness (QED) is 0.624. The molecule has 0 heterocycles. The van der Waals surface area contributed by atoms with Crippen molar-refractivity contribution in [1.82, 2.24) is 0 Å². The Labute approximate surface area is 92.1 Å². The van der Waals surface area contributed by atoms with E-state index in [0.29, 0.717) is 0 Å². The second-order valence-electron chi connectivity index (χ2n) is 1.57. The fourth-order valence-corrected chi connectivity index (χ4v) is 2.73. The third-order valence-corrected chi connectivity index (χ3v) is 4.73. The van der Waals surface area contributed by atoms with Crippen molar-refractivity contribution in [2.45, 2.75) is 11.1 Å². The molecule has 1 rings (SSSR count). The molecule has 0 aromatic heterocycles. The average Bonchev–Trinajstić information content (AvgIpc) is 2.14. The van der Waals surface area contributed by atoms with Crippen LogP contribution < -0.4 is 0 Å². The Morgan fingerprint density at radius 1 is 1.30 bits per heavy atom. The van der Waals surface area contributed by atoms with Crippen LogP contribution in [0.4, 0.5) is 0 Å². The molecular weight excluding hydrogens is 357 g/mol. The summed E-state index contributed by atoms with van der Waals surface area (Å²) in [4.78, 5) is 0. The van der Waals surface area contributed by atoms with Gasteiger partial charge < -0.3 is 0 Å². The number of hydrogen-bond donors (Lipinski definition) is 0. The summed E-state index contributed by atoms with van der Waals surface area (Å²) >= 11 is -0.221. The summed E-state index contributed by atoms with van der Waals surface area (Å²) in [6.45, 7) is 0. The first kappa shape index (κ1) is 17.3. The molecule has 1 aliphatic carbocycles. The zero-order chi connectivity index (χ0) is 5.11. The van der Waals surface area contributed by atoms with Crippen molar-refractivity contribution < 1.29 is 22.9 Å². The summed E-state index contributed by atoms with van der Waals surface area (Å²) in [5.41, 5.74) is 0. The van der Waals surface area contributed by atoms with Crippen molar-refractivity contribution in [2.24, 2.45) is 0 Å². The van der Waals surface area contributed by atoms with Crippen LogP contribution in [0.3, 0.4) is 0 Å². The van der Waals surface area contributed by atoms with Crippen molar-refractivity contribution in [3.63, 3.8) is 0 Å². The van der Waals surface area contributed by atoms with E-state index in [-0.39, 0.29) is 60.1 Å². The van der Waals surface area contributed by atoms with Crippen LogP contribution in [0.5, 0.6) is 0 Å². The topological polar surface area (TPSA) is 0 Å². The standard InChI is InChI=1S/C5H5.CH3.3ClH.Hf/c1-2-4-5-3-1;;;;;/h1-3H,4H2;1H3;3*1H;. The second kappa shape index (κ2) is 10.2. The van der Waals surface area contributed by atoms with E-state index in [4.69, 9.17) is 0 Å². The number of hydrogen-bond acceptors (Lipinski definition) is 0. The van der Waals surface area contributed by atoms with Gasteiger partial charge in [-0.2, -0.15) is 0 Å². The van der Waals surface area contributed by atoms with Crippen molar-refractivity contribution in [2.75, 3.05) is 0 Å². The van der Waals surface area contributed by atoms with Crippen LogP contribution in [0.1, 0.15) is 6.42 Å². The van der Waals surface area contributed by atoms with Crippen LogP contribution in [0, 0.1) is 0 Å². The van der Waals surface area contributed by atoms with Gasteiger partial charge in [-0.1, -0.05) is 0 Å². The molecule has 1 aliphatic rings. The fraction of sp³-hybridized carbons (Fsp3) is 0.333. The fourth-order valence-electron chi connectivity index (χ4n) is 0.633. The van der Waals surface area contributed by atoms with Crippen LogP contribution in [0.15, 0.2) is 21.6 Å². The Kier molecular flexibility index (Phi) is 17.7. The molecule has 0 unspecified atom stereocenters. The van der Waals surface area contributed by atoms with Crippen LogP contribution in [-0.2, 0) is 22.9 Å². The van der Waals surface area contributed by atoms with Gasteiger partial charge in [-0.25, -0.2) is 0 Å². The van der Waals surface area contributed by atoms with E-state index in [2.05, 4.69) is 22.9 Å². The summed E-state index contributed by atoms with van der Waals surface area (Å²) in [5.74, 6) is 0. The molecular formula is C6H11Cl3Hf. The molecule has 0 bridgehead atoms. The Morgan fingerprint density at radius 2 is 1.90 bits per heavy atom. The van der Waals surface area contributed by atoms with Crippen molar-refractivity contribution in [1.29, 1.82) is 0 Å². The molecule has 0 radical (unpaired) electrons. The number of rotatable bonds is 1. The van der Waals surface area contributed by atoms with Gasteiger partial charge in [-0.15, -0.1) is 37.2 Å². The SMILES string of the molecule is Cl.Cl.Cl.[CH3][Hf][C]1=CC=CC1. The predicted octanol–water partition coefficient (Wildman–Crippen LogP) is 3.23.